The first kappa shape index (κ1) is 18.5. The summed E-state index contributed by atoms with van der Waals surface area (Å²) < 4.78 is 4.99. The largest absolute Gasteiger partial charge is 0.360 e. The van der Waals surface area contributed by atoms with Gasteiger partial charge in [0.05, 0.1) is 5.52 Å². The zero-order valence-electron chi connectivity index (χ0n) is 15.1. The Balaban J connectivity index is 1.26. The number of aromatic nitrogens is 3. The SMILES string of the molecule is O=C(CCc1cc(Cl)no1)N[C@@H]1CC[C@H](NC(=O)c2n[nH]c3ccccc23)C1. The van der Waals surface area contributed by atoms with Gasteiger partial charge >= 0.3 is 0 Å². The van der Waals surface area contributed by atoms with Gasteiger partial charge in [-0.05, 0) is 25.3 Å². The number of aryl methyl sites for hydroxylation is 1. The number of benzene rings is 1. The van der Waals surface area contributed by atoms with Gasteiger partial charge in [0, 0.05) is 36.4 Å². The lowest BCUT2D eigenvalue weighted by Crippen LogP contribution is -2.37. The van der Waals surface area contributed by atoms with Crippen LogP contribution in [-0.2, 0) is 11.2 Å². The molecule has 4 rings (SSSR count). The quantitative estimate of drug-likeness (QED) is 0.587. The van der Waals surface area contributed by atoms with Crippen molar-refractivity contribution in [2.24, 2.45) is 0 Å². The summed E-state index contributed by atoms with van der Waals surface area (Å²) in [6.45, 7) is 0. The molecule has 2 aromatic heterocycles. The first-order chi connectivity index (χ1) is 13.6. The fraction of sp³-hybridized carbons (Fsp3) is 0.368. The lowest BCUT2D eigenvalue weighted by atomic mass is 10.1. The second-order valence-corrected chi connectivity index (χ2v) is 7.37. The van der Waals surface area contributed by atoms with Gasteiger partial charge in [0.25, 0.3) is 5.91 Å². The topological polar surface area (TPSA) is 113 Å². The summed E-state index contributed by atoms with van der Waals surface area (Å²) in [4.78, 5) is 24.7. The first-order valence-electron chi connectivity index (χ1n) is 9.23. The van der Waals surface area contributed by atoms with Gasteiger partial charge in [0.1, 0.15) is 5.76 Å². The molecule has 2 atom stereocenters. The Bertz CT molecular complexity index is 998. The lowest BCUT2D eigenvalue weighted by Gasteiger charge is -2.14. The number of amides is 2. The average Bonchev–Trinajstić information content (AvgIpc) is 3.40. The highest BCUT2D eigenvalue weighted by atomic mass is 35.5. The van der Waals surface area contributed by atoms with Crippen LogP contribution in [0.4, 0.5) is 0 Å². The highest BCUT2D eigenvalue weighted by Gasteiger charge is 2.28. The van der Waals surface area contributed by atoms with Gasteiger partial charge in [-0.3, -0.25) is 14.7 Å². The van der Waals surface area contributed by atoms with Crippen molar-refractivity contribution in [2.75, 3.05) is 0 Å². The molecule has 0 spiro atoms. The van der Waals surface area contributed by atoms with Gasteiger partial charge in [0.2, 0.25) is 5.91 Å². The van der Waals surface area contributed by atoms with E-state index in [1.165, 1.54) is 0 Å². The van der Waals surface area contributed by atoms with E-state index in [0.29, 0.717) is 30.7 Å². The van der Waals surface area contributed by atoms with Crippen LogP contribution in [0.25, 0.3) is 10.9 Å². The van der Waals surface area contributed by atoms with Gasteiger partial charge in [-0.2, -0.15) is 5.10 Å². The Morgan fingerprint density at radius 3 is 2.79 bits per heavy atom. The molecule has 0 radical (unpaired) electrons. The van der Waals surface area contributed by atoms with Gasteiger partial charge < -0.3 is 15.2 Å². The molecular formula is C19H20ClN5O3. The fourth-order valence-corrected chi connectivity index (χ4v) is 3.73. The Morgan fingerprint density at radius 2 is 2.00 bits per heavy atom. The van der Waals surface area contributed by atoms with Gasteiger partial charge in [-0.1, -0.05) is 35.0 Å². The molecule has 1 aliphatic rings. The molecule has 28 heavy (non-hydrogen) atoms. The third-order valence-electron chi connectivity index (χ3n) is 4.95. The van der Waals surface area contributed by atoms with E-state index in [9.17, 15) is 9.59 Å². The number of nitrogens with one attached hydrogen (secondary N) is 3. The van der Waals surface area contributed by atoms with E-state index >= 15 is 0 Å². The van der Waals surface area contributed by atoms with Crippen molar-refractivity contribution in [3.05, 3.63) is 46.9 Å². The average molecular weight is 402 g/mol. The second-order valence-electron chi connectivity index (χ2n) is 6.98. The predicted molar refractivity (Wildman–Crippen MR) is 103 cm³/mol. The van der Waals surface area contributed by atoms with Crippen molar-refractivity contribution in [1.82, 2.24) is 26.0 Å². The van der Waals surface area contributed by atoms with Crippen LogP contribution in [-0.4, -0.2) is 39.3 Å². The Hall–Kier alpha value is -2.87. The number of rotatable bonds is 6. The number of H-pyrrole nitrogens is 1. The molecule has 146 valence electrons. The molecule has 9 heteroatoms. The van der Waals surface area contributed by atoms with Crippen LogP contribution in [0.15, 0.2) is 34.9 Å². The van der Waals surface area contributed by atoms with Crippen molar-refractivity contribution < 1.29 is 14.1 Å². The highest BCUT2D eigenvalue weighted by Crippen LogP contribution is 2.21. The molecule has 1 aromatic carbocycles. The van der Waals surface area contributed by atoms with Crippen LogP contribution in [0.3, 0.4) is 0 Å². The standard InChI is InChI=1S/C19H20ClN5O3/c20-16-10-13(28-25-16)7-8-17(26)21-11-5-6-12(9-11)22-19(27)18-14-3-1-2-4-15(14)23-24-18/h1-4,10-12H,5-9H2,(H,21,26)(H,22,27)(H,23,24)/t11-,12+/m1/s1. The Morgan fingerprint density at radius 1 is 1.21 bits per heavy atom. The predicted octanol–water partition coefficient (Wildman–Crippen LogP) is 2.60. The third kappa shape index (κ3) is 4.17. The minimum Gasteiger partial charge on any atom is -0.360 e. The molecule has 1 saturated carbocycles. The zero-order chi connectivity index (χ0) is 19.5. The van der Waals surface area contributed by atoms with Crippen LogP contribution in [0.1, 0.15) is 41.9 Å². The number of hydrogen-bond acceptors (Lipinski definition) is 5. The summed E-state index contributed by atoms with van der Waals surface area (Å²) in [6, 6.07) is 9.19. The molecule has 1 fully saturated rings. The molecule has 2 heterocycles. The maximum absolute atomic E-state index is 12.6. The number of nitrogens with zero attached hydrogens (tertiary/aromatic N) is 2. The molecule has 8 nitrogen and oxygen atoms in total. The number of carbonyl (C=O) groups excluding carboxylic acids is 2. The van der Waals surface area contributed by atoms with Crippen molar-refractivity contribution >= 4 is 34.3 Å². The maximum Gasteiger partial charge on any atom is 0.272 e. The summed E-state index contributed by atoms with van der Waals surface area (Å²) in [7, 11) is 0. The number of carbonyl (C=O) groups is 2. The number of fused-ring (bicyclic) bond motifs is 1. The van der Waals surface area contributed by atoms with Crippen LogP contribution in [0.5, 0.6) is 0 Å². The van der Waals surface area contributed by atoms with Gasteiger partial charge in [-0.15, -0.1) is 0 Å². The zero-order valence-corrected chi connectivity index (χ0v) is 15.8. The van der Waals surface area contributed by atoms with Crippen LogP contribution >= 0.6 is 11.6 Å². The summed E-state index contributed by atoms with van der Waals surface area (Å²) in [6.07, 6.45) is 3.10. The van der Waals surface area contributed by atoms with E-state index in [1.54, 1.807) is 6.07 Å². The van der Waals surface area contributed by atoms with Crippen LogP contribution in [0.2, 0.25) is 5.15 Å². The Kier molecular flexibility index (Phi) is 5.29. The van der Waals surface area contributed by atoms with E-state index in [2.05, 4.69) is 26.0 Å². The van der Waals surface area contributed by atoms with E-state index < -0.39 is 0 Å². The molecular weight excluding hydrogens is 382 g/mol. The molecule has 0 aliphatic heterocycles. The van der Waals surface area contributed by atoms with Gasteiger partial charge in [0.15, 0.2) is 10.8 Å². The lowest BCUT2D eigenvalue weighted by molar-refractivity contribution is -0.121. The maximum atomic E-state index is 12.6. The summed E-state index contributed by atoms with van der Waals surface area (Å²) in [5, 5.41) is 17.7. The van der Waals surface area contributed by atoms with Crippen molar-refractivity contribution in [2.45, 2.75) is 44.2 Å². The number of para-hydroxylation sites is 1. The normalized spacial score (nSPS) is 19.0. The first-order valence-corrected chi connectivity index (χ1v) is 9.60. The van der Waals surface area contributed by atoms with E-state index in [4.69, 9.17) is 16.1 Å². The van der Waals surface area contributed by atoms with Crippen molar-refractivity contribution in [3.63, 3.8) is 0 Å². The number of hydrogen-bond donors (Lipinski definition) is 3. The smallest absolute Gasteiger partial charge is 0.272 e. The molecule has 2 amide bonds. The number of aromatic amines is 1. The van der Waals surface area contributed by atoms with Crippen molar-refractivity contribution in [1.29, 1.82) is 0 Å². The molecule has 3 aromatic rings. The van der Waals surface area contributed by atoms with Crippen molar-refractivity contribution in [3.8, 4) is 0 Å². The second kappa shape index (κ2) is 8.02. The monoisotopic (exact) mass is 401 g/mol. The molecule has 3 N–H and O–H groups in total. The van der Waals surface area contributed by atoms with Gasteiger partial charge in [-0.25, -0.2) is 0 Å². The molecule has 1 aliphatic carbocycles. The number of halogens is 1. The Labute approximate surface area is 166 Å². The van der Waals surface area contributed by atoms with Crippen LogP contribution in [0, 0.1) is 0 Å². The third-order valence-corrected chi connectivity index (χ3v) is 5.13. The van der Waals surface area contributed by atoms with E-state index in [-0.39, 0.29) is 29.1 Å². The summed E-state index contributed by atoms with van der Waals surface area (Å²) in [5.74, 6) is 0.336. The fourth-order valence-electron chi connectivity index (χ4n) is 3.58. The van der Waals surface area contributed by atoms with E-state index in [1.807, 2.05) is 24.3 Å². The molecule has 0 unspecified atom stereocenters. The molecule has 0 saturated heterocycles. The van der Waals surface area contributed by atoms with Crippen LogP contribution < -0.4 is 10.6 Å². The minimum absolute atomic E-state index is 0.0151. The highest BCUT2D eigenvalue weighted by molar-refractivity contribution is 6.29. The molecule has 0 bridgehead atoms. The minimum atomic E-state index is -0.198. The summed E-state index contributed by atoms with van der Waals surface area (Å²) >= 11 is 5.69. The van der Waals surface area contributed by atoms with E-state index in [0.717, 1.165) is 23.7 Å². The summed E-state index contributed by atoms with van der Waals surface area (Å²) in [5.41, 5.74) is 1.23.